The minimum absolute atomic E-state index is 0.281. The lowest BCUT2D eigenvalue weighted by Crippen LogP contribution is -2.03. The van der Waals surface area contributed by atoms with Gasteiger partial charge in [0.1, 0.15) is 7.85 Å². The third kappa shape index (κ3) is 1.37. The van der Waals surface area contributed by atoms with E-state index in [4.69, 9.17) is 13.0 Å². The second-order valence-corrected chi connectivity index (χ2v) is 3.09. The number of rotatable bonds is 1. The minimum Gasteiger partial charge on any atom is -0.478 e. The zero-order chi connectivity index (χ0) is 10.1. The molecule has 66 valence electrons. The summed E-state index contributed by atoms with van der Waals surface area (Å²) in [7, 11) is 5.73. The quantitative estimate of drug-likeness (QED) is 0.675. The number of benzene rings is 2. The van der Waals surface area contributed by atoms with E-state index in [2.05, 4.69) is 0 Å². The molecule has 1 N–H and O–H groups in total. The highest BCUT2D eigenvalue weighted by Gasteiger charge is 2.03. The van der Waals surface area contributed by atoms with Crippen molar-refractivity contribution in [3.63, 3.8) is 0 Å². The summed E-state index contributed by atoms with van der Waals surface area (Å²) in [4.78, 5) is 10.7. The average Bonchev–Trinajstić information content (AvgIpc) is 2.17. The number of hydrogen-bond acceptors (Lipinski definition) is 1. The van der Waals surface area contributed by atoms with Crippen LogP contribution in [0.25, 0.3) is 10.8 Å². The molecule has 2 radical (unpaired) electrons. The van der Waals surface area contributed by atoms with Crippen LogP contribution in [-0.4, -0.2) is 18.9 Å². The second-order valence-electron chi connectivity index (χ2n) is 3.09. The fourth-order valence-electron chi connectivity index (χ4n) is 1.44. The monoisotopic (exact) mass is 182 g/mol. The summed E-state index contributed by atoms with van der Waals surface area (Å²) >= 11 is 0. The standard InChI is InChI=1S/C11H7BO2/c12-10-3-1-2-7-6-8(11(13)14)4-5-9(7)10/h1-6H,(H,13,14). The highest BCUT2D eigenvalue weighted by molar-refractivity contribution is 6.38. The van der Waals surface area contributed by atoms with Crippen LogP contribution in [0, 0.1) is 0 Å². The van der Waals surface area contributed by atoms with Crippen LogP contribution in [-0.2, 0) is 0 Å². The van der Waals surface area contributed by atoms with E-state index in [0.717, 1.165) is 10.8 Å². The summed E-state index contributed by atoms with van der Waals surface area (Å²) in [5.41, 5.74) is 0.947. The Morgan fingerprint density at radius 1 is 1.21 bits per heavy atom. The van der Waals surface area contributed by atoms with Crippen molar-refractivity contribution in [2.75, 3.05) is 0 Å². The first-order valence-corrected chi connectivity index (χ1v) is 4.20. The van der Waals surface area contributed by atoms with E-state index in [9.17, 15) is 4.79 Å². The summed E-state index contributed by atoms with van der Waals surface area (Å²) in [6.45, 7) is 0. The van der Waals surface area contributed by atoms with Gasteiger partial charge in [-0.1, -0.05) is 29.7 Å². The third-order valence-electron chi connectivity index (χ3n) is 2.16. The number of carbonyl (C=O) groups is 1. The maximum Gasteiger partial charge on any atom is 0.335 e. The van der Waals surface area contributed by atoms with Crippen LogP contribution in [0.2, 0.25) is 0 Å². The Labute approximate surface area is 82.6 Å². The van der Waals surface area contributed by atoms with E-state index < -0.39 is 5.97 Å². The molecule has 2 aromatic rings. The number of hydrogen-bond donors (Lipinski definition) is 1. The normalized spacial score (nSPS) is 10.3. The average molecular weight is 182 g/mol. The molecule has 0 atom stereocenters. The van der Waals surface area contributed by atoms with Gasteiger partial charge in [-0.3, -0.25) is 0 Å². The molecule has 14 heavy (non-hydrogen) atoms. The lowest BCUT2D eigenvalue weighted by molar-refractivity contribution is 0.0697. The van der Waals surface area contributed by atoms with Gasteiger partial charge in [-0.2, -0.15) is 0 Å². The van der Waals surface area contributed by atoms with Crippen LogP contribution in [0.4, 0.5) is 0 Å². The third-order valence-corrected chi connectivity index (χ3v) is 2.16. The summed E-state index contributed by atoms with van der Waals surface area (Å²) < 4.78 is 0. The maximum atomic E-state index is 10.7. The molecule has 0 fully saturated rings. The SMILES string of the molecule is [B]c1cccc2cc(C(=O)O)ccc12. The minimum atomic E-state index is -0.922. The van der Waals surface area contributed by atoms with E-state index >= 15 is 0 Å². The Morgan fingerprint density at radius 2 is 2.00 bits per heavy atom. The van der Waals surface area contributed by atoms with Gasteiger partial charge >= 0.3 is 5.97 Å². The fourth-order valence-corrected chi connectivity index (χ4v) is 1.44. The first-order chi connectivity index (χ1) is 6.68. The maximum absolute atomic E-state index is 10.7. The molecule has 0 bridgehead atoms. The molecule has 2 rings (SSSR count). The Hall–Kier alpha value is -1.77. The molecule has 0 aromatic heterocycles. The summed E-state index contributed by atoms with van der Waals surface area (Å²) in [5, 5.41) is 10.5. The molecule has 2 aromatic carbocycles. The van der Waals surface area contributed by atoms with Gasteiger partial charge in [0.15, 0.2) is 0 Å². The molecule has 0 heterocycles. The van der Waals surface area contributed by atoms with Crippen molar-refractivity contribution >= 4 is 30.1 Å². The van der Waals surface area contributed by atoms with E-state index in [1.807, 2.05) is 12.1 Å². The van der Waals surface area contributed by atoms with Crippen LogP contribution in [0.15, 0.2) is 36.4 Å². The van der Waals surface area contributed by atoms with Gasteiger partial charge in [0.25, 0.3) is 0 Å². The summed E-state index contributed by atoms with van der Waals surface area (Å²) in [6, 6.07) is 10.4. The lowest BCUT2D eigenvalue weighted by atomic mass is 9.90. The highest BCUT2D eigenvalue weighted by Crippen LogP contribution is 2.13. The smallest absolute Gasteiger partial charge is 0.335 e. The highest BCUT2D eigenvalue weighted by atomic mass is 16.4. The summed E-state index contributed by atoms with van der Waals surface area (Å²) in [6.07, 6.45) is 0. The van der Waals surface area contributed by atoms with Crippen LogP contribution < -0.4 is 5.46 Å². The Bertz CT molecular complexity index is 506. The summed E-state index contributed by atoms with van der Waals surface area (Å²) in [5.74, 6) is -0.922. The van der Waals surface area contributed by atoms with Gasteiger partial charge in [0.05, 0.1) is 5.56 Å². The van der Waals surface area contributed by atoms with Crippen molar-refractivity contribution in [2.24, 2.45) is 0 Å². The van der Waals surface area contributed by atoms with Crippen molar-refractivity contribution in [1.82, 2.24) is 0 Å². The molecule has 0 aliphatic carbocycles. The van der Waals surface area contributed by atoms with Crippen LogP contribution >= 0.6 is 0 Å². The molecule has 0 amide bonds. The Morgan fingerprint density at radius 3 is 2.71 bits per heavy atom. The first-order valence-electron chi connectivity index (χ1n) is 4.20. The van der Waals surface area contributed by atoms with Crippen LogP contribution in [0.1, 0.15) is 10.4 Å². The van der Waals surface area contributed by atoms with E-state index in [0.29, 0.717) is 5.46 Å². The molecule has 0 saturated carbocycles. The zero-order valence-electron chi connectivity index (χ0n) is 7.40. The van der Waals surface area contributed by atoms with Crippen molar-refractivity contribution in [3.8, 4) is 0 Å². The number of carboxylic acid groups (broad SMARTS) is 1. The molecular weight excluding hydrogens is 175 g/mol. The van der Waals surface area contributed by atoms with E-state index in [1.165, 1.54) is 0 Å². The molecule has 0 aliphatic heterocycles. The van der Waals surface area contributed by atoms with Crippen molar-refractivity contribution < 1.29 is 9.90 Å². The number of aromatic carboxylic acids is 1. The fraction of sp³-hybridized carbons (Fsp3) is 0. The van der Waals surface area contributed by atoms with E-state index in [1.54, 1.807) is 24.3 Å². The van der Waals surface area contributed by atoms with Crippen molar-refractivity contribution in [1.29, 1.82) is 0 Å². The Balaban J connectivity index is 2.73. The van der Waals surface area contributed by atoms with E-state index in [-0.39, 0.29) is 5.56 Å². The van der Waals surface area contributed by atoms with Crippen LogP contribution in [0.5, 0.6) is 0 Å². The molecule has 2 nitrogen and oxygen atoms in total. The topological polar surface area (TPSA) is 37.3 Å². The van der Waals surface area contributed by atoms with Gasteiger partial charge in [-0.15, -0.1) is 0 Å². The van der Waals surface area contributed by atoms with Gasteiger partial charge in [0, 0.05) is 0 Å². The number of carboxylic acids is 1. The molecular formula is C11H7BO2. The molecule has 3 heteroatoms. The molecule has 0 spiro atoms. The largest absolute Gasteiger partial charge is 0.478 e. The predicted octanol–water partition coefficient (Wildman–Crippen LogP) is 1.33. The van der Waals surface area contributed by atoms with Gasteiger partial charge in [-0.25, -0.2) is 4.79 Å². The molecule has 0 aliphatic rings. The van der Waals surface area contributed by atoms with Crippen molar-refractivity contribution in [3.05, 3.63) is 42.0 Å². The predicted molar refractivity (Wildman–Crippen MR) is 56.3 cm³/mol. The first kappa shape index (κ1) is 8.82. The lowest BCUT2D eigenvalue weighted by Gasteiger charge is -2.02. The number of fused-ring (bicyclic) bond motifs is 1. The Kier molecular flexibility index (Phi) is 2.00. The van der Waals surface area contributed by atoms with Gasteiger partial charge in [-0.05, 0) is 22.9 Å². The zero-order valence-corrected chi connectivity index (χ0v) is 7.40. The van der Waals surface area contributed by atoms with Gasteiger partial charge in [0.2, 0.25) is 0 Å². The van der Waals surface area contributed by atoms with Gasteiger partial charge < -0.3 is 5.11 Å². The van der Waals surface area contributed by atoms with Crippen LogP contribution in [0.3, 0.4) is 0 Å². The second kappa shape index (κ2) is 3.18. The molecule has 0 unspecified atom stereocenters. The van der Waals surface area contributed by atoms with Crippen molar-refractivity contribution in [2.45, 2.75) is 0 Å². The molecule has 0 saturated heterocycles.